The molecule has 124 valence electrons. The molecule has 3 heterocycles. The number of morpholine rings is 1. The monoisotopic (exact) mass is 335 g/mol. The highest BCUT2D eigenvalue weighted by atomic mass is 32.1. The molecule has 0 saturated carbocycles. The molecule has 3 rings (SSSR count). The van der Waals surface area contributed by atoms with E-state index in [1.807, 2.05) is 6.07 Å². The van der Waals surface area contributed by atoms with E-state index in [9.17, 15) is 4.79 Å². The highest BCUT2D eigenvalue weighted by Gasteiger charge is 2.22. The van der Waals surface area contributed by atoms with E-state index in [0.29, 0.717) is 18.0 Å². The summed E-state index contributed by atoms with van der Waals surface area (Å²) < 4.78 is 11.0. The molecule has 1 amide bonds. The van der Waals surface area contributed by atoms with Gasteiger partial charge in [0.1, 0.15) is 5.69 Å². The van der Waals surface area contributed by atoms with E-state index in [1.165, 1.54) is 11.3 Å². The summed E-state index contributed by atoms with van der Waals surface area (Å²) in [6.45, 7) is 7.38. The lowest BCUT2D eigenvalue weighted by Crippen LogP contribution is -2.47. The van der Waals surface area contributed by atoms with Gasteiger partial charge in [-0.3, -0.25) is 9.69 Å². The molecule has 2 aromatic heterocycles. The van der Waals surface area contributed by atoms with E-state index in [-0.39, 0.29) is 18.1 Å². The van der Waals surface area contributed by atoms with Crippen molar-refractivity contribution >= 4 is 17.2 Å². The first-order valence-corrected chi connectivity index (χ1v) is 8.65. The van der Waals surface area contributed by atoms with Gasteiger partial charge in [-0.1, -0.05) is 0 Å². The van der Waals surface area contributed by atoms with E-state index in [4.69, 9.17) is 9.15 Å². The largest absolute Gasteiger partial charge is 0.462 e. The van der Waals surface area contributed by atoms with Gasteiger partial charge in [0.2, 0.25) is 0 Å². The molecule has 1 aliphatic heterocycles. The van der Waals surface area contributed by atoms with E-state index in [0.717, 1.165) is 24.6 Å². The molecule has 6 nitrogen and oxygen atoms in total. The van der Waals surface area contributed by atoms with Crippen LogP contribution in [-0.4, -0.2) is 54.2 Å². The summed E-state index contributed by atoms with van der Waals surface area (Å²) in [5, 5.41) is 5.40. The van der Waals surface area contributed by atoms with Gasteiger partial charge in [0, 0.05) is 31.6 Å². The number of carbonyl (C=O) groups excluding carboxylic acids is 1. The number of rotatable bonds is 5. The molecular weight excluding hydrogens is 314 g/mol. The molecule has 2 atom stereocenters. The third-order valence-electron chi connectivity index (χ3n) is 3.68. The maximum atomic E-state index is 12.2. The van der Waals surface area contributed by atoms with Gasteiger partial charge in [-0.2, -0.15) is 0 Å². The molecule has 0 aromatic carbocycles. The first kappa shape index (κ1) is 16.2. The molecule has 0 spiro atoms. The van der Waals surface area contributed by atoms with Gasteiger partial charge in [0.05, 0.1) is 18.5 Å². The second kappa shape index (κ2) is 7.25. The fourth-order valence-electron chi connectivity index (χ4n) is 2.78. The van der Waals surface area contributed by atoms with Crippen LogP contribution < -0.4 is 5.32 Å². The summed E-state index contributed by atoms with van der Waals surface area (Å²) in [7, 11) is 0. The number of hydrogen-bond donors (Lipinski definition) is 1. The molecule has 23 heavy (non-hydrogen) atoms. The average molecular weight is 335 g/mol. The molecule has 0 unspecified atom stereocenters. The Hall–Kier alpha value is -1.70. The number of thiazole rings is 1. The average Bonchev–Trinajstić information content (AvgIpc) is 3.17. The van der Waals surface area contributed by atoms with Gasteiger partial charge in [-0.05, 0) is 26.0 Å². The highest BCUT2D eigenvalue weighted by molar-refractivity contribution is 7.13. The van der Waals surface area contributed by atoms with Crippen LogP contribution in [0.2, 0.25) is 0 Å². The number of carbonyl (C=O) groups is 1. The third kappa shape index (κ3) is 4.19. The Morgan fingerprint density at radius 2 is 2.22 bits per heavy atom. The van der Waals surface area contributed by atoms with E-state index in [2.05, 4.69) is 29.0 Å². The predicted molar refractivity (Wildman–Crippen MR) is 88.6 cm³/mol. The van der Waals surface area contributed by atoms with E-state index < -0.39 is 0 Å². The molecule has 7 heteroatoms. The van der Waals surface area contributed by atoms with Crippen molar-refractivity contribution in [2.45, 2.75) is 26.1 Å². The van der Waals surface area contributed by atoms with Crippen LogP contribution in [0.3, 0.4) is 0 Å². The fraction of sp³-hybridized carbons (Fsp3) is 0.500. The Kier molecular flexibility index (Phi) is 5.09. The summed E-state index contributed by atoms with van der Waals surface area (Å²) in [6.07, 6.45) is 2.08. The molecule has 0 radical (unpaired) electrons. The molecule has 0 bridgehead atoms. The van der Waals surface area contributed by atoms with Crippen molar-refractivity contribution in [3.05, 3.63) is 29.5 Å². The van der Waals surface area contributed by atoms with Crippen LogP contribution in [0.15, 0.2) is 28.2 Å². The van der Waals surface area contributed by atoms with Crippen molar-refractivity contribution in [2.75, 3.05) is 26.2 Å². The predicted octanol–water partition coefficient (Wildman–Crippen LogP) is 2.24. The number of nitrogens with one attached hydrogen (secondary N) is 1. The van der Waals surface area contributed by atoms with Crippen molar-refractivity contribution in [1.29, 1.82) is 0 Å². The van der Waals surface area contributed by atoms with Crippen LogP contribution in [-0.2, 0) is 4.74 Å². The normalized spacial score (nSPS) is 22.2. The SMILES string of the molecule is C[C@@H]1CN(CCNC(=O)c2csc(-c3ccco3)n2)C[C@@H](C)O1. The Labute approximate surface area is 139 Å². The lowest BCUT2D eigenvalue weighted by Gasteiger charge is -2.35. The van der Waals surface area contributed by atoms with Gasteiger partial charge >= 0.3 is 0 Å². The first-order chi connectivity index (χ1) is 11.1. The maximum absolute atomic E-state index is 12.2. The quantitative estimate of drug-likeness (QED) is 0.908. The standard InChI is InChI=1S/C16H21N3O3S/c1-11-8-19(9-12(2)22-11)6-5-17-15(20)13-10-23-16(18-13)14-4-3-7-21-14/h3-4,7,10-12H,5-6,8-9H2,1-2H3,(H,17,20)/t11-,12-/m1/s1. The van der Waals surface area contributed by atoms with Gasteiger partial charge in [-0.15, -0.1) is 11.3 Å². The Morgan fingerprint density at radius 3 is 2.91 bits per heavy atom. The topological polar surface area (TPSA) is 67.6 Å². The van der Waals surface area contributed by atoms with Crippen molar-refractivity contribution in [3.8, 4) is 10.8 Å². The zero-order chi connectivity index (χ0) is 16.2. The first-order valence-electron chi connectivity index (χ1n) is 7.77. The zero-order valence-corrected chi connectivity index (χ0v) is 14.1. The van der Waals surface area contributed by atoms with Crippen molar-refractivity contribution in [1.82, 2.24) is 15.2 Å². The Bertz CT molecular complexity index is 631. The van der Waals surface area contributed by atoms with Crippen LogP contribution in [0, 0.1) is 0 Å². The minimum atomic E-state index is -0.145. The van der Waals surface area contributed by atoms with Gasteiger partial charge < -0.3 is 14.5 Å². The minimum absolute atomic E-state index is 0.145. The van der Waals surface area contributed by atoms with Crippen molar-refractivity contribution < 1.29 is 13.9 Å². The van der Waals surface area contributed by atoms with E-state index in [1.54, 1.807) is 17.7 Å². The summed E-state index contributed by atoms with van der Waals surface area (Å²) >= 11 is 1.41. The number of amides is 1. The fourth-order valence-corrected chi connectivity index (χ4v) is 3.54. The smallest absolute Gasteiger partial charge is 0.270 e. The number of hydrogen-bond acceptors (Lipinski definition) is 6. The summed E-state index contributed by atoms with van der Waals surface area (Å²) in [4.78, 5) is 18.8. The minimum Gasteiger partial charge on any atom is -0.462 e. The Balaban J connectivity index is 1.48. The molecular formula is C16H21N3O3S. The number of furan rings is 1. The van der Waals surface area contributed by atoms with Gasteiger partial charge in [-0.25, -0.2) is 4.98 Å². The van der Waals surface area contributed by atoms with Gasteiger partial charge in [0.15, 0.2) is 10.8 Å². The number of ether oxygens (including phenoxy) is 1. The molecule has 0 aliphatic carbocycles. The molecule has 1 N–H and O–H groups in total. The van der Waals surface area contributed by atoms with Crippen molar-refractivity contribution in [3.63, 3.8) is 0 Å². The second-order valence-electron chi connectivity index (χ2n) is 5.79. The molecule has 1 fully saturated rings. The lowest BCUT2D eigenvalue weighted by molar-refractivity contribution is -0.0672. The third-order valence-corrected chi connectivity index (χ3v) is 4.53. The Morgan fingerprint density at radius 1 is 1.43 bits per heavy atom. The number of nitrogens with zero attached hydrogens (tertiary/aromatic N) is 2. The lowest BCUT2D eigenvalue weighted by atomic mass is 10.2. The molecule has 1 saturated heterocycles. The highest BCUT2D eigenvalue weighted by Crippen LogP contribution is 2.23. The van der Waals surface area contributed by atoms with Crippen LogP contribution in [0.1, 0.15) is 24.3 Å². The summed E-state index contributed by atoms with van der Waals surface area (Å²) in [5.41, 5.74) is 0.435. The van der Waals surface area contributed by atoms with Crippen LogP contribution in [0.4, 0.5) is 0 Å². The van der Waals surface area contributed by atoms with E-state index >= 15 is 0 Å². The number of aromatic nitrogens is 1. The van der Waals surface area contributed by atoms with Crippen molar-refractivity contribution in [2.24, 2.45) is 0 Å². The van der Waals surface area contributed by atoms with Gasteiger partial charge in [0.25, 0.3) is 5.91 Å². The summed E-state index contributed by atoms with van der Waals surface area (Å²) in [6, 6.07) is 3.64. The molecule has 2 aromatic rings. The van der Waals surface area contributed by atoms with Crippen LogP contribution in [0.25, 0.3) is 10.8 Å². The maximum Gasteiger partial charge on any atom is 0.270 e. The van der Waals surface area contributed by atoms with Crippen LogP contribution >= 0.6 is 11.3 Å². The van der Waals surface area contributed by atoms with Crippen LogP contribution in [0.5, 0.6) is 0 Å². The summed E-state index contributed by atoms with van der Waals surface area (Å²) in [5.74, 6) is 0.541. The molecule has 1 aliphatic rings. The zero-order valence-electron chi connectivity index (χ0n) is 13.3. The second-order valence-corrected chi connectivity index (χ2v) is 6.65.